The van der Waals surface area contributed by atoms with Crippen LogP contribution in [0.4, 0.5) is 0 Å². The van der Waals surface area contributed by atoms with E-state index in [1.54, 1.807) is 12.3 Å². The first-order chi connectivity index (χ1) is 11.8. The maximum atomic E-state index is 12.9. The lowest BCUT2D eigenvalue weighted by atomic mass is 10.1. The number of carbonyl (C=O) groups excluding carboxylic acids is 1. The fourth-order valence-corrected chi connectivity index (χ4v) is 3.49. The third kappa shape index (κ3) is 3.28. The second-order valence-corrected chi connectivity index (χ2v) is 6.68. The van der Waals surface area contributed by atoms with Gasteiger partial charge in [-0.1, -0.05) is 31.0 Å². The zero-order valence-corrected chi connectivity index (χ0v) is 13.7. The number of para-hydroxylation sites is 1. The minimum atomic E-state index is 0.128. The van der Waals surface area contributed by atoms with Crippen LogP contribution in [0.25, 0.3) is 0 Å². The molecule has 1 amide bonds. The first-order valence-electron chi connectivity index (χ1n) is 8.83. The molecule has 2 fully saturated rings. The lowest BCUT2D eigenvalue weighted by Crippen LogP contribution is -2.40. The Labute approximate surface area is 142 Å². The van der Waals surface area contributed by atoms with Crippen LogP contribution >= 0.6 is 0 Å². The lowest BCUT2D eigenvalue weighted by molar-refractivity contribution is 0.0664. The van der Waals surface area contributed by atoms with Gasteiger partial charge in [0, 0.05) is 24.3 Å². The highest BCUT2D eigenvalue weighted by atomic mass is 16.5. The van der Waals surface area contributed by atoms with Crippen molar-refractivity contribution in [1.82, 2.24) is 9.88 Å². The van der Waals surface area contributed by atoms with Gasteiger partial charge in [0.2, 0.25) is 5.88 Å². The summed E-state index contributed by atoms with van der Waals surface area (Å²) in [7, 11) is 0. The Hall–Kier alpha value is -2.36. The van der Waals surface area contributed by atoms with Crippen LogP contribution in [0.5, 0.6) is 11.6 Å². The maximum Gasteiger partial charge on any atom is 0.255 e. The normalized spacial score (nSPS) is 17.7. The highest BCUT2D eigenvalue weighted by molar-refractivity contribution is 5.94. The van der Waals surface area contributed by atoms with Crippen molar-refractivity contribution in [2.45, 2.75) is 50.6 Å². The van der Waals surface area contributed by atoms with E-state index in [-0.39, 0.29) is 5.91 Å². The van der Waals surface area contributed by atoms with Crippen molar-refractivity contribution in [2.24, 2.45) is 0 Å². The number of hydrogen-bond acceptors (Lipinski definition) is 3. The summed E-state index contributed by atoms with van der Waals surface area (Å²) >= 11 is 0. The molecule has 2 aliphatic carbocycles. The second-order valence-electron chi connectivity index (χ2n) is 6.68. The summed E-state index contributed by atoms with van der Waals surface area (Å²) in [5.41, 5.74) is 0.661. The third-order valence-corrected chi connectivity index (χ3v) is 4.84. The Morgan fingerprint density at radius 2 is 1.67 bits per heavy atom. The minimum absolute atomic E-state index is 0.128. The molecule has 2 aromatic rings. The number of rotatable bonds is 5. The fraction of sp³-hybridized carbons (Fsp3) is 0.400. The van der Waals surface area contributed by atoms with Crippen LogP contribution in [0.3, 0.4) is 0 Å². The molecule has 124 valence electrons. The zero-order valence-electron chi connectivity index (χ0n) is 13.7. The van der Waals surface area contributed by atoms with E-state index in [1.807, 2.05) is 36.4 Å². The number of carbonyl (C=O) groups is 1. The number of ether oxygens (including phenoxy) is 1. The van der Waals surface area contributed by atoms with Gasteiger partial charge in [-0.2, -0.15) is 0 Å². The van der Waals surface area contributed by atoms with Gasteiger partial charge >= 0.3 is 0 Å². The van der Waals surface area contributed by atoms with Crippen molar-refractivity contribution in [3.8, 4) is 11.6 Å². The van der Waals surface area contributed by atoms with Crippen molar-refractivity contribution < 1.29 is 9.53 Å². The smallest absolute Gasteiger partial charge is 0.255 e. The van der Waals surface area contributed by atoms with E-state index in [1.165, 1.54) is 12.8 Å². The fourth-order valence-electron chi connectivity index (χ4n) is 3.49. The van der Waals surface area contributed by atoms with E-state index in [9.17, 15) is 4.79 Å². The molecule has 4 heteroatoms. The van der Waals surface area contributed by atoms with Gasteiger partial charge in [-0.3, -0.25) is 4.79 Å². The van der Waals surface area contributed by atoms with Gasteiger partial charge < -0.3 is 9.64 Å². The predicted molar refractivity (Wildman–Crippen MR) is 92.2 cm³/mol. The van der Waals surface area contributed by atoms with Crippen molar-refractivity contribution >= 4 is 5.91 Å². The summed E-state index contributed by atoms with van der Waals surface area (Å²) < 4.78 is 5.70. The van der Waals surface area contributed by atoms with E-state index < -0.39 is 0 Å². The van der Waals surface area contributed by atoms with Crippen LogP contribution in [0.2, 0.25) is 0 Å². The molecule has 2 saturated carbocycles. The largest absolute Gasteiger partial charge is 0.439 e. The molecule has 4 rings (SSSR count). The molecular weight excluding hydrogens is 300 g/mol. The minimum Gasteiger partial charge on any atom is -0.439 e. The third-order valence-electron chi connectivity index (χ3n) is 4.84. The number of benzene rings is 1. The van der Waals surface area contributed by atoms with Gasteiger partial charge in [-0.05, 0) is 43.9 Å². The van der Waals surface area contributed by atoms with Crippen LogP contribution in [-0.2, 0) is 0 Å². The molecule has 1 heterocycles. The van der Waals surface area contributed by atoms with E-state index in [4.69, 9.17) is 4.74 Å². The first-order valence-corrected chi connectivity index (χ1v) is 8.83. The van der Waals surface area contributed by atoms with Gasteiger partial charge in [-0.25, -0.2) is 4.98 Å². The zero-order chi connectivity index (χ0) is 16.4. The Kier molecular flexibility index (Phi) is 4.20. The molecule has 0 spiro atoms. The Balaban J connectivity index is 1.48. The van der Waals surface area contributed by atoms with E-state index >= 15 is 0 Å². The molecule has 1 aromatic carbocycles. The predicted octanol–water partition coefficient (Wildman–Crippen LogP) is 4.42. The van der Waals surface area contributed by atoms with Crippen molar-refractivity contribution in [1.29, 1.82) is 0 Å². The van der Waals surface area contributed by atoms with Crippen LogP contribution in [0.1, 0.15) is 48.9 Å². The molecule has 0 saturated heterocycles. The van der Waals surface area contributed by atoms with Crippen LogP contribution < -0.4 is 4.74 Å². The number of hydrogen-bond donors (Lipinski definition) is 0. The molecule has 24 heavy (non-hydrogen) atoms. The lowest BCUT2D eigenvalue weighted by Gasteiger charge is -2.29. The molecular formula is C20H22N2O2. The summed E-state index contributed by atoms with van der Waals surface area (Å²) in [6.07, 6.45) is 8.70. The van der Waals surface area contributed by atoms with Crippen molar-refractivity contribution in [2.75, 3.05) is 0 Å². The molecule has 0 bridgehead atoms. The van der Waals surface area contributed by atoms with Gasteiger partial charge in [0.05, 0.1) is 5.56 Å². The van der Waals surface area contributed by atoms with E-state index in [0.29, 0.717) is 23.5 Å². The molecule has 1 aromatic heterocycles. The Bertz CT molecular complexity index is 689. The van der Waals surface area contributed by atoms with Gasteiger partial charge in [0.25, 0.3) is 5.91 Å². The average molecular weight is 322 g/mol. The van der Waals surface area contributed by atoms with Gasteiger partial charge in [0.1, 0.15) is 5.75 Å². The quantitative estimate of drug-likeness (QED) is 0.818. The summed E-state index contributed by atoms with van der Waals surface area (Å²) in [5.74, 6) is 1.38. The molecule has 0 aliphatic heterocycles. The summed E-state index contributed by atoms with van der Waals surface area (Å²) in [6.45, 7) is 0. The van der Waals surface area contributed by atoms with Crippen LogP contribution in [-0.4, -0.2) is 27.9 Å². The summed E-state index contributed by atoms with van der Waals surface area (Å²) in [5, 5.41) is 0. The second kappa shape index (κ2) is 6.63. The molecule has 0 N–H and O–H groups in total. The number of aromatic nitrogens is 1. The van der Waals surface area contributed by atoms with Crippen molar-refractivity contribution in [3.63, 3.8) is 0 Å². The summed E-state index contributed by atoms with van der Waals surface area (Å²) in [6, 6.07) is 14.0. The maximum absolute atomic E-state index is 12.9. The number of pyridine rings is 1. The van der Waals surface area contributed by atoms with E-state index in [0.717, 1.165) is 31.4 Å². The Morgan fingerprint density at radius 1 is 0.958 bits per heavy atom. The molecule has 2 aliphatic rings. The molecule has 0 radical (unpaired) electrons. The molecule has 0 atom stereocenters. The highest BCUT2D eigenvalue weighted by Crippen LogP contribution is 2.35. The monoisotopic (exact) mass is 322 g/mol. The average Bonchev–Trinajstić information content (AvgIpc) is 3.30. The SMILES string of the molecule is O=C(c1ccc(Oc2ccccc2)nc1)N(C1CCCC1)C1CC1. The first kappa shape index (κ1) is 15.2. The Morgan fingerprint density at radius 3 is 2.29 bits per heavy atom. The van der Waals surface area contributed by atoms with Crippen LogP contribution in [0.15, 0.2) is 48.7 Å². The standard InChI is InChI=1S/C20H22N2O2/c23-20(22(17-11-12-17)16-6-4-5-7-16)15-10-13-19(21-14-15)24-18-8-2-1-3-9-18/h1-3,8-10,13-14,16-17H,4-7,11-12H2. The topological polar surface area (TPSA) is 42.4 Å². The number of nitrogens with zero attached hydrogens (tertiary/aromatic N) is 2. The highest BCUT2D eigenvalue weighted by Gasteiger charge is 2.38. The van der Waals surface area contributed by atoms with Gasteiger partial charge in [-0.15, -0.1) is 0 Å². The van der Waals surface area contributed by atoms with E-state index in [2.05, 4.69) is 9.88 Å². The van der Waals surface area contributed by atoms with Gasteiger partial charge in [0.15, 0.2) is 0 Å². The van der Waals surface area contributed by atoms with Crippen molar-refractivity contribution in [3.05, 3.63) is 54.2 Å². The molecule has 0 unspecified atom stereocenters. The number of amides is 1. The van der Waals surface area contributed by atoms with Crippen LogP contribution in [0, 0.1) is 0 Å². The summed E-state index contributed by atoms with van der Waals surface area (Å²) in [4.78, 5) is 19.4. The molecule has 4 nitrogen and oxygen atoms in total.